The zero-order valence-corrected chi connectivity index (χ0v) is 9.57. The summed E-state index contributed by atoms with van der Waals surface area (Å²) in [6.07, 6.45) is 0. The number of ether oxygens (including phenoxy) is 3. The number of carbonyl (C=O) groups is 1. The maximum atomic E-state index is 12.1. The van der Waals surface area contributed by atoms with Gasteiger partial charge in [0.25, 0.3) is 0 Å². The Bertz CT molecular complexity index is 497. The highest BCUT2D eigenvalue weighted by Crippen LogP contribution is 2.32. The van der Waals surface area contributed by atoms with Crippen molar-refractivity contribution in [2.45, 2.75) is 6.61 Å². The van der Waals surface area contributed by atoms with Gasteiger partial charge in [-0.3, -0.25) is 0 Å². The quantitative estimate of drug-likeness (QED) is 0.771. The van der Waals surface area contributed by atoms with Crippen LogP contribution < -0.4 is 9.47 Å². The van der Waals surface area contributed by atoms with Gasteiger partial charge in [-0.05, 0) is 6.07 Å². The third-order valence-electron chi connectivity index (χ3n) is 2.05. The standard InChI is InChI=1S/C11H9F2NO4/c1-16-8-4-7(10(15)17-2)6(5-14)3-9(8)18-11(12)13/h3-4,11H,1-2H3. The van der Waals surface area contributed by atoms with Gasteiger partial charge in [-0.15, -0.1) is 0 Å². The molecule has 0 saturated carbocycles. The number of benzene rings is 1. The fourth-order valence-electron chi connectivity index (χ4n) is 1.28. The molecule has 0 saturated heterocycles. The molecule has 0 amide bonds. The number of rotatable bonds is 4. The van der Waals surface area contributed by atoms with E-state index in [4.69, 9.17) is 10.00 Å². The van der Waals surface area contributed by atoms with Crippen LogP contribution >= 0.6 is 0 Å². The second kappa shape index (κ2) is 5.82. The first-order valence-electron chi connectivity index (χ1n) is 4.68. The van der Waals surface area contributed by atoms with Crippen molar-refractivity contribution in [1.29, 1.82) is 5.26 Å². The number of esters is 1. The molecule has 0 radical (unpaired) electrons. The van der Waals surface area contributed by atoms with E-state index in [1.165, 1.54) is 7.11 Å². The van der Waals surface area contributed by atoms with Crippen molar-refractivity contribution >= 4 is 5.97 Å². The van der Waals surface area contributed by atoms with E-state index >= 15 is 0 Å². The maximum Gasteiger partial charge on any atom is 0.387 e. The summed E-state index contributed by atoms with van der Waals surface area (Å²) >= 11 is 0. The lowest BCUT2D eigenvalue weighted by molar-refractivity contribution is -0.0512. The Labute approximate surface area is 101 Å². The second-order valence-electron chi connectivity index (χ2n) is 3.03. The maximum absolute atomic E-state index is 12.1. The SMILES string of the molecule is COC(=O)c1cc(OC)c(OC(F)F)cc1C#N. The van der Waals surface area contributed by atoms with Crippen molar-refractivity contribution < 1.29 is 27.8 Å². The number of halogens is 2. The normalized spacial score (nSPS) is 9.78. The fourth-order valence-corrected chi connectivity index (χ4v) is 1.28. The number of alkyl halides is 2. The number of nitrogens with zero attached hydrogens (tertiary/aromatic N) is 1. The van der Waals surface area contributed by atoms with E-state index in [-0.39, 0.29) is 22.6 Å². The van der Waals surface area contributed by atoms with Crippen LogP contribution in [0, 0.1) is 11.3 Å². The zero-order chi connectivity index (χ0) is 13.7. The molecular formula is C11H9F2NO4. The molecule has 7 heteroatoms. The van der Waals surface area contributed by atoms with Crippen LogP contribution in [0.25, 0.3) is 0 Å². The Morgan fingerprint density at radius 3 is 2.44 bits per heavy atom. The summed E-state index contributed by atoms with van der Waals surface area (Å²) in [4.78, 5) is 11.4. The van der Waals surface area contributed by atoms with Crippen molar-refractivity contribution in [2.24, 2.45) is 0 Å². The monoisotopic (exact) mass is 257 g/mol. The summed E-state index contributed by atoms with van der Waals surface area (Å²) in [5.74, 6) is -1.18. The highest BCUT2D eigenvalue weighted by atomic mass is 19.3. The molecule has 1 aromatic rings. The molecular weight excluding hydrogens is 248 g/mol. The predicted octanol–water partition coefficient (Wildman–Crippen LogP) is 1.95. The summed E-state index contributed by atoms with van der Waals surface area (Å²) in [6, 6.07) is 3.80. The highest BCUT2D eigenvalue weighted by Gasteiger charge is 2.19. The largest absolute Gasteiger partial charge is 0.493 e. The molecule has 0 heterocycles. The predicted molar refractivity (Wildman–Crippen MR) is 55.7 cm³/mol. The van der Waals surface area contributed by atoms with Gasteiger partial charge in [-0.25, -0.2) is 4.79 Å². The van der Waals surface area contributed by atoms with Crippen molar-refractivity contribution in [1.82, 2.24) is 0 Å². The molecule has 0 N–H and O–H groups in total. The lowest BCUT2D eigenvalue weighted by Crippen LogP contribution is -2.08. The summed E-state index contributed by atoms with van der Waals surface area (Å²) < 4.78 is 37.7. The van der Waals surface area contributed by atoms with E-state index in [9.17, 15) is 13.6 Å². The van der Waals surface area contributed by atoms with E-state index in [0.29, 0.717) is 0 Å². The van der Waals surface area contributed by atoms with Gasteiger partial charge < -0.3 is 14.2 Å². The number of nitriles is 1. The Morgan fingerprint density at radius 2 is 2.00 bits per heavy atom. The summed E-state index contributed by atoms with van der Waals surface area (Å²) in [5, 5.41) is 8.84. The Kier molecular flexibility index (Phi) is 4.43. The molecule has 0 aliphatic heterocycles. The third kappa shape index (κ3) is 2.85. The van der Waals surface area contributed by atoms with Gasteiger partial charge >= 0.3 is 12.6 Å². The van der Waals surface area contributed by atoms with Crippen LogP contribution in [0.15, 0.2) is 12.1 Å². The number of methoxy groups -OCH3 is 2. The minimum absolute atomic E-state index is 0.0848. The van der Waals surface area contributed by atoms with E-state index in [1.807, 2.05) is 0 Å². The molecule has 0 aliphatic carbocycles. The van der Waals surface area contributed by atoms with Gasteiger partial charge in [-0.2, -0.15) is 14.0 Å². The van der Waals surface area contributed by atoms with Crippen LogP contribution in [-0.4, -0.2) is 26.8 Å². The van der Waals surface area contributed by atoms with Crippen LogP contribution in [-0.2, 0) is 4.74 Å². The highest BCUT2D eigenvalue weighted by molar-refractivity contribution is 5.93. The first-order valence-corrected chi connectivity index (χ1v) is 4.68. The molecule has 0 atom stereocenters. The van der Waals surface area contributed by atoms with Crippen LogP contribution in [0.5, 0.6) is 11.5 Å². The van der Waals surface area contributed by atoms with Crippen molar-refractivity contribution in [3.8, 4) is 17.6 Å². The van der Waals surface area contributed by atoms with Gasteiger partial charge in [0.05, 0.1) is 25.3 Å². The first-order chi connectivity index (χ1) is 8.53. The number of hydrogen-bond acceptors (Lipinski definition) is 5. The molecule has 0 fully saturated rings. The average Bonchev–Trinajstić information content (AvgIpc) is 2.36. The van der Waals surface area contributed by atoms with E-state index in [0.717, 1.165) is 19.2 Å². The minimum Gasteiger partial charge on any atom is -0.493 e. The van der Waals surface area contributed by atoms with Gasteiger partial charge in [0.1, 0.15) is 6.07 Å². The van der Waals surface area contributed by atoms with Crippen molar-refractivity contribution in [3.63, 3.8) is 0 Å². The average molecular weight is 257 g/mol. The molecule has 0 aromatic heterocycles. The van der Waals surface area contributed by atoms with Gasteiger partial charge in [0.15, 0.2) is 11.5 Å². The molecule has 1 rings (SSSR count). The fraction of sp³-hybridized carbons (Fsp3) is 0.273. The number of hydrogen-bond donors (Lipinski definition) is 0. The van der Waals surface area contributed by atoms with Crippen LogP contribution in [0.3, 0.4) is 0 Å². The molecule has 1 aromatic carbocycles. The van der Waals surface area contributed by atoms with Crippen LogP contribution in [0.4, 0.5) is 8.78 Å². The van der Waals surface area contributed by atoms with E-state index in [1.54, 1.807) is 6.07 Å². The topological polar surface area (TPSA) is 68.6 Å². The summed E-state index contributed by atoms with van der Waals surface area (Å²) in [7, 11) is 2.36. The Balaban J connectivity index is 3.33. The van der Waals surface area contributed by atoms with Gasteiger partial charge in [0.2, 0.25) is 0 Å². The van der Waals surface area contributed by atoms with E-state index in [2.05, 4.69) is 9.47 Å². The zero-order valence-electron chi connectivity index (χ0n) is 9.57. The summed E-state index contributed by atoms with van der Waals surface area (Å²) in [6.45, 7) is -3.06. The van der Waals surface area contributed by atoms with Crippen molar-refractivity contribution in [2.75, 3.05) is 14.2 Å². The first kappa shape index (κ1) is 13.7. The Hall–Kier alpha value is -2.36. The molecule has 0 unspecified atom stereocenters. The molecule has 5 nitrogen and oxygen atoms in total. The Morgan fingerprint density at radius 1 is 1.33 bits per heavy atom. The third-order valence-corrected chi connectivity index (χ3v) is 2.05. The van der Waals surface area contributed by atoms with Crippen molar-refractivity contribution in [3.05, 3.63) is 23.3 Å². The lowest BCUT2D eigenvalue weighted by atomic mass is 10.1. The van der Waals surface area contributed by atoms with Gasteiger partial charge in [0, 0.05) is 6.07 Å². The smallest absolute Gasteiger partial charge is 0.387 e. The lowest BCUT2D eigenvalue weighted by Gasteiger charge is -2.12. The van der Waals surface area contributed by atoms with E-state index < -0.39 is 12.6 Å². The molecule has 18 heavy (non-hydrogen) atoms. The molecule has 0 aliphatic rings. The van der Waals surface area contributed by atoms with Crippen LogP contribution in [0.1, 0.15) is 15.9 Å². The van der Waals surface area contributed by atoms with Gasteiger partial charge in [-0.1, -0.05) is 0 Å². The molecule has 0 spiro atoms. The number of carbonyl (C=O) groups excluding carboxylic acids is 1. The molecule has 0 bridgehead atoms. The second-order valence-corrected chi connectivity index (χ2v) is 3.03. The summed E-state index contributed by atoms with van der Waals surface area (Å²) in [5.41, 5.74) is -0.225. The molecule has 96 valence electrons. The minimum atomic E-state index is -3.06. The van der Waals surface area contributed by atoms with Crippen LogP contribution in [0.2, 0.25) is 0 Å².